The molecule has 1 aliphatic heterocycles. The monoisotopic (exact) mass is 181 g/mol. The molecule has 1 saturated heterocycles. The van der Waals surface area contributed by atoms with Gasteiger partial charge in [0.05, 0.1) is 0 Å². The van der Waals surface area contributed by atoms with Crippen LogP contribution in [0.2, 0.25) is 0 Å². The third-order valence-electron chi connectivity index (χ3n) is 3.50. The van der Waals surface area contributed by atoms with Gasteiger partial charge < -0.3 is 4.90 Å². The molecule has 0 amide bonds. The lowest BCUT2D eigenvalue weighted by Gasteiger charge is -2.42. The Bertz CT molecular complexity index is 144. The maximum atomic E-state index is 3.98. The molecular weight excluding hydrogens is 160 g/mol. The summed E-state index contributed by atoms with van der Waals surface area (Å²) in [5.74, 6) is 0. The van der Waals surface area contributed by atoms with Gasteiger partial charge in [0.25, 0.3) is 0 Å². The largest absolute Gasteiger partial charge is 0.457 e. The summed E-state index contributed by atoms with van der Waals surface area (Å²) < 4.78 is 0. The van der Waals surface area contributed by atoms with Gasteiger partial charge >= 0.3 is 0 Å². The Hall–Kier alpha value is -0.0800. The molecule has 0 radical (unpaired) electrons. The second-order valence-electron chi connectivity index (χ2n) is 4.45. The molecule has 0 atom stereocenters. The first-order valence-electron chi connectivity index (χ1n) is 5.66. The zero-order valence-electron chi connectivity index (χ0n) is 8.54. The van der Waals surface area contributed by atoms with Crippen LogP contribution in [0.4, 0.5) is 0 Å². The first-order chi connectivity index (χ1) is 6.36. The van der Waals surface area contributed by atoms with Gasteiger partial charge in [-0.2, -0.15) is 0 Å². The van der Waals surface area contributed by atoms with E-state index in [2.05, 4.69) is 16.8 Å². The fraction of sp³-hybridized carbons (Fsp3) is 0.909. The van der Waals surface area contributed by atoms with Crippen molar-refractivity contribution >= 4 is 0 Å². The predicted molar refractivity (Wildman–Crippen MR) is 55.4 cm³/mol. The average Bonchev–Trinajstić information content (AvgIpc) is 2.20. The molecule has 2 aliphatic rings. The molecule has 0 N–H and O–H groups in total. The van der Waals surface area contributed by atoms with E-state index >= 15 is 0 Å². The van der Waals surface area contributed by atoms with Crippen LogP contribution in [0.15, 0.2) is 0 Å². The van der Waals surface area contributed by atoms with Gasteiger partial charge in [0, 0.05) is 19.1 Å². The Balaban J connectivity index is 1.79. The highest BCUT2D eigenvalue weighted by Crippen LogP contribution is 2.23. The lowest BCUT2D eigenvalue weighted by atomic mass is 9.94. The van der Waals surface area contributed by atoms with Crippen LogP contribution < -0.4 is 0 Å². The molecule has 13 heavy (non-hydrogen) atoms. The Morgan fingerprint density at radius 2 is 1.46 bits per heavy atom. The highest BCUT2D eigenvalue weighted by Gasteiger charge is 2.22. The van der Waals surface area contributed by atoms with Crippen LogP contribution in [0.1, 0.15) is 32.1 Å². The molecule has 0 aromatic rings. The summed E-state index contributed by atoms with van der Waals surface area (Å²) in [5, 5.41) is 0. The van der Waals surface area contributed by atoms with Crippen LogP contribution in [-0.2, 0) is 0 Å². The van der Waals surface area contributed by atoms with Gasteiger partial charge in [0.1, 0.15) is 0 Å². The van der Waals surface area contributed by atoms with Crippen molar-refractivity contribution in [3.8, 4) is 0 Å². The smallest absolute Gasteiger partial charge is 0.00963 e. The van der Waals surface area contributed by atoms with Gasteiger partial charge in [-0.05, 0) is 25.9 Å². The van der Waals surface area contributed by atoms with Crippen molar-refractivity contribution in [3.63, 3.8) is 0 Å². The minimum atomic E-state index is 0.905. The SMILES string of the molecule is [CH2-]N1CCN(C2CCCCC2)CC1. The van der Waals surface area contributed by atoms with Gasteiger partial charge in [0.2, 0.25) is 0 Å². The molecule has 76 valence electrons. The molecule has 2 nitrogen and oxygen atoms in total. The minimum Gasteiger partial charge on any atom is -0.457 e. The molecule has 0 bridgehead atoms. The van der Waals surface area contributed by atoms with Crippen LogP contribution in [0, 0.1) is 7.05 Å². The molecule has 2 rings (SSSR count). The van der Waals surface area contributed by atoms with E-state index < -0.39 is 0 Å². The number of rotatable bonds is 1. The van der Waals surface area contributed by atoms with Gasteiger partial charge in [-0.1, -0.05) is 19.3 Å². The maximum Gasteiger partial charge on any atom is 0.00963 e. The van der Waals surface area contributed by atoms with Crippen LogP contribution in [0.25, 0.3) is 0 Å². The van der Waals surface area contributed by atoms with Gasteiger partial charge in [-0.25, -0.2) is 0 Å². The molecular formula is C11H21N2-. The van der Waals surface area contributed by atoms with E-state index in [-0.39, 0.29) is 0 Å². The summed E-state index contributed by atoms with van der Waals surface area (Å²) in [6.07, 6.45) is 7.25. The van der Waals surface area contributed by atoms with Crippen molar-refractivity contribution in [2.45, 2.75) is 38.1 Å². The van der Waals surface area contributed by atoms with Gasteiger partial charge in [0.15, 0.2) is 0 Å². The summed E-state index contributed by atoms with van der Waals surface area (Å²) in [5.41, 5.74) is 0. The van der Waals surface area contributed by atoms with Gasteiger partial charge in [-0.3, -0.25) is 11.9 Å². The highest BCUT2D eigenvalue weighted by molar-refractivity contribution is 4.80. The topological polar surface area (TPSA) is 6.48 Å². The van der Waals surface area contributed by atoms with E-state index in [1.165, 1.54) is 45.2 Å². The Labute approximate surface area is 81.9 Å². The van der Waals surface area contributed by atoms with Gasteiger partial charge in [-0.15, -0.1) is 0 Å². The molecule has 2 heteroatoms. The normalized spacial score (nSPS) is 29.3. The number of piperazine rings is 1. The summed E-state index contributed by atoms with van der Waals surface area (Å²) in [6, 6.07) is 0.905. The van der Waals surface area contributed by atoms with E-state index in [1.54, 1.807) is 0 Å². The average molecular weight is 181 g/mol. The summed E-state index contributed by atoms with van der Waals surface area (Å²) >= 11 is 0. The van der Waals surface area contributed by atoms with E-state index in [0.29, 0.717) is 0 Å². The summed E-state index contributed by atoms with van der Waals surface area (Å²) in [7, 11) is 3.98. The van der Waals surface area contributed by atoms with Crippen molar-refractivity contribution in [3.05, 3.63) is 7.05 Å². The second-order valence-corrected chi connectivity index (χ2v) is 4.45. The van der Waals surface area contributed by atoms with Crippen molar-refractivity contribution in [2.24, 2.45) is 0 Å². The molecule has 0 aromatic heterocycles. The summed E-state index contributed by atoms with van der Waals surface area (Å²) in [6.45, 7) is 4.81. The van der Waals surface area contributed by atoms with Crippen molar-refractivity contribution in [2.75, 3.05) is 26.2 Å². The molecule has 1 aliphatic carbocycles. The van der Waals surface area contributed by atoms with Crippen LogP contribution >= 0.6 is 0 Å². The number of hydrogen-bond donors (Lipinski definition) is 0. The number of nitrogens with zero attached hydrogens (tertiary/aromatic N) is 2. The minimum absolute atomic E-state index is 0.905. The maximum absolute atomic E-state index is 3.98. The predicted octanol–water partition coefficient (Wildman–Crippen LogP) is 1.73. The number of hydrogen-bond acceptors (Lipinski definition) is 2. The van der Waals surface area contributed by atoms with Crippen molar-refractivity contribution < 1.29 is 0 Å². The fourth-order valence-electron chi connectivity index (χ4n) is 2.57. The molecule has 1 saturated carbocycles. The van der Waals surface area contributed by atoms with Crippen LogP contribution in [-0.4, -0.2) is 42.0 Å². The third-order valence-corrected chi connectivity index (χ3v) is 3.50. The third kappa shape index (κ3) is 2.44. The second kappa shape index (κ2) is 4.43. The van der Waals surface area contributed by atoms with Crippen LogP contribution in [0.5, 0.6) is 0 Å². The Morgan fingerprint density at radius 3 is 2.08 bits per heavy atom. The van der Waals surface area contributed by atoms with Crippen LogP contribution in [0.3, 0.4) is 0 Å². The Morgan fingerprint density at radius 1 is 0.846 bits per heavy atom. The zero-order valence-corrected chi connectivity index (χ0v) is 8.54. The Kier molecular flexibility index (Phi) is 3.23. The molecule has 1 heterocycles. The summed E-state index contributed by atoms with van der Waals surface area (Å²) in [4.78, 5) is 4.88. The highest BCUT2D eigenvalue weighted by atomic mass is 15.3. The fourth-order valence-corrected chi connectivity index (χ4v) is 2.57. The lowest BCUT2D eigenvalue weighted by Crippen LogP contribution is -2.48. The quantitative estimate of drug-likeness (QED) is 0.568. The standard InChI is InChI=1S/C11H21N2/c1-12-7-9-13(10-8-12)11-5-3-2-4-6-11/h11H,1-10H2/q-1. The zero-order chi connectivity index (χ0) is 9.10. The van der Waals surface area contributed by atoms with Crippen molar-refractivity contribution in [1.29, 1.82) is 0 Å². The molecule has 0 aromatic carbocycles. The van der Waals surface area contributed by atoms with E-state index in [9.17, 15) is 0 Å². The molecule has 2 fully saturated rings. The lowest BCUT2D eigenvalue weighted by molar-refractivity contribution is 0.0984. The van der Waals surface area contributed by atoms with E-state index in [4.69, 9.17) is 0 Å². The first kappa shape index (κ1) is 9.47. The molecule has 0 spiro atoms. The van der Waals surface area contributed by atoms with Crippen molar-refractivity contribution in [1.82, 2.24) is 9.80 Å². The van der Waals surface area contributed by atoms with E-state index in [1.807, 2.05) is 0 Å². The molecule has 0 unspecified atom stereocenters. The van der Waals surface area contributed by atoms with E-state index in [0.717, 1.165) is 19.1 Å². The first-order valence-corrected chi connectivity index (χ1v) is 5.66.